The molecule has 15 heavy (non-hydrogen) atoms. The molecule has 0 saturated carbocycles. The van der Waals surface area contributed by atoms with E-state index in [0.29, 0.717) is 6.42 Å². The molecular weight excluding hydrogens is 208 g/mol. The van der Waals surface area contributed by atoms with Crippen LogP contribution in [0.25, 0.3) is 0 Å². The molecule has 0 unspecified atom stereocenters. The Balaban J connectivity index is 2.17. The predicted octanol–water partition coefficient (Wildman–Crippen LogP) is 1.26. The maximum atomic E-state index is 11.1. The van der Waals surface area contributed by atoms with Crippen LogP contribution in [-0.2, 0) is 17.6 Å². The molecule has 0 spiro atoms. The molecule has 3 N–H and O–H groups in total. The van der Waals surface area contributed by atoms with Crippen molar-refractivity contribution in [1.29, 1.82) is 0 Å². The summed E-state index contributed by atoms with van der Waals surface area (Å²) in [7, 11) is 0. The van der Waals surface area contributed by atoms with Crippen LogP contribution in [0.15, 0.2) is 23.1 Å². The Labute approximate surface area is 93.4 Å². The number of rotatable bonds is 2. The molecule has 1 amide bonds. The zero-order valence-electron chi connectivity index (χ0n) is 8.45. The first-order chi connectivity index (χ1) is 7.29. The minimum Gasteiger partial charge on any atom is -0.294 e. The van der Waals surface area contributed by atoms with Gasteiger partial charge in [0.2, 0.25) is 5.91 Å². The maximum absolute atomic E-state index is 11.1. The highest BCUT2D eigenvalue weighted by Crippen LogP contribution is 2.30. The molecule has 1 aliphatic rings. The first-order valence-electron chi connectivity index (χ1n) is 5.03. The molecule has 0 saturated heterocycles. The third kappa shape index (κ3) is 2.52. The third-order valence-electron chi connectivity index (χ3n) is 2.50. The summed E-state index contributed by atoms with van der Waals surface area (Å²) in [5.41, 5.74) is 4.56. The molecule has 0 fully saturated rings. The molecule has 0 atom stereocenters. The number of nitrogens with two attached hydrogens (primary N) is 1. The van der Waals surface area contributed by atoms with Gasteiger partial charge in [-0.1, -0.05) is 12.1 Å². The van der Waals surface area contributed by atoms with Crippen molar-refractivity contribution in [1.82, 2.24) is 5.43 Å². The van der Waals surface area contributed by atoms with Gasteiger partial charge in [0.05, 0.1) is 6.42 Å². The van der Waals surface area contributed by atoms with Crippen molar-refractivity contribution < 1.29 is 4.79 Å². The van der Waals surface area contributed by atoms with E-state index in [4.69, 9.17) is 5.84 Å². The lowest BCUT2D eigenvalue weighted by Gasteiger charge is -2.15. The van der Waals surface area contributed by atoms with E-state index in [1.165, 1.54) is 22.6 Å². The lowest BCUT2D eigenvalue weighted by atomic mass is 10.0. The number of hydrogen-bond donors (Lipinski definition) is 2. The van der Waals surface area contributed by atoms with Gasteiger partial charge in [-0.15, -0.1) is 11.8 Å². The Kier molecular flexibility index (Phi) is 3.28. The second-order valence-corrected chi connectivity index (χ2v) is 4.78. The average Bonchev–Trinajstić information content (AvgIpc) is 2.29. The Morgan fingerprint density at radius 3 is 3.20 bits per heavy atom. The number of hydrogen-bond acceptors (Lipinski definition) is 3. The Morgan fingerprint density at radius 2 is 2.40 bits per heavy atom. The second-order valence-electron chi connectivity index (χ2n) is 3.64. The van der Waals surface area contributed by atoms with Gasteiger partial charge in [-0.25, -0.2) is 5.84 Å². The maximum Gasteiger partial charge on any atom is 0.238 e. The highest BCUT2D eigenvalue weighted by molar-refractivity contribution is 7.99. The summed E-state index contributed by atoms with van der Waals surface area (Å²) in [6, 6.07) is 6.24. The molecule has 1 aliphatic heterocycles. The highest BCUT2D eigenvalue weighted by Gasteiger charge is 2.10. The van der Waals surface area contributed by atoms with E-state index < -0.39 is 0 Å². The fourth-order valence-corrected chi connectivity index (χ4v) is 2.78. The number of hydrazine groups is 1. The number of aryl methyl sites for hydroxylation is 1. The monoisotopic (exact) mass is 222 g/mol. The van der Waals surface area contributed by atoms with Crippen molar-refractivity contribution in [3.8, 4) is 0 Å². The lowest BCUT2D eigenvalue weighted by Crippen LogP contribution is -2.31. The first kappa shape index (κ1) is 10.5. The van der Waals surface area contributed by atoms with Crippen LogP contribution in [0, 0.1) is 0 Å². The summed E-state index contributed by atoms with van der Waals surface area (Å²) in [5, 5.41) is 0. The van der Waals surface area contributed by atoms with Crippen molar-refractivity contribution in [2.45, 2.75) is 24.2 Å². The van der Waals surface area contributed by atoms with Gasteiger partial charge in [-0.05, 0) is 35.8 Å². The van der Waals surface area contributed by atoms with Crippen LogP contribution in [0.1, 0.15) is 17.5 Å². The lowest BCUT2D eigenvalue weighted by molar-refractivity contribution is -0.120. The fraction of sp³-hybridized carbons (Fsp3) is 0.364. The van der Waals surface area contributed by atoms with Crippen LogP contribution in [0.2, 0.25) is 0 Å². The van der Waals surface area contributed by atoms with Gasteiger partial charge >= 0.3 is 0 Å². The Hall–Kier alpha value is -1.00. The summed E-state index contributed by atoms with van der Waals surface area (Å²) in [6.07, 6.45) is 2.72. The number of fused-ring (bicyclic) bond motifs is 1. The van der Waals surface area contributed by atoms with Crippen LogP contribution in [0.3, 0.4) is 0 Å². The molecule has 80 valence electrons. The molecule has 1 aromatic carbocycles. The molecule has 0 aromatic heterocycles. The Bertz CT molecular complexity index is 379. The van der Waals surface area contributed by atoms with Gasteiger partial charge in [0.25, 0.3) is 0 Å². The van der Waals surface area contributed by atoms with Gasteiger partial charge in [-0.2, -0.15) is 0 Å². The number of thioether (sulfide) groups is 1. The normalized spacial score (nSPS) is 14.5. The van der Waals surface area contributed by atoms with Crippen molar-refractivity contribution in [2.75, 3.05) is 5.75 Å². The van der Waals surface area contributed by atoms with Gasteiger partial charge in [0.1, 0.15) is 0 Å². The van der Waals surface area contributed by atoms with Crippen molar-refractivity contribution in [2.24, 2.45) is 5.84 Å². The van der Waals surface area contributed by atoms with Crippen LogP contribution < -0.4 is 11.3 Å². The molecule has 1 heterocycles. The van der Waals surface area contributed by atoms with Crippen molar-refractivity contribution >= 4 is 17.7 Å². The first-order valence-corrected chi connectivity index (χ1v) is 6.02. The van der Waals surface area contributed by atoms with E-state index in [9.17, 15) is 4.79 Å². The molecule has 0 bridgehead atoms. The van der Waals surface area contributed by atoms with Crippen molar-refractivity contribution in [3.05, 3.63) is 29.3 Å². The largest absolute Gasteiger partial charge is 0.294 e. The van der Waals surface area contributed by atoms with Gasteiger partial charge in [-0.3, -0.25) is 10.2 Å². The summed E-state index contributed by atoms with van der Waals surface area (Å²) < 4.78 is 0. The van der Waals surface area contributed by atoms with Gasteiger partial charge in [0, 0.05) is 4.90 Å². The van der Waals surface area contributed by atoms with E-state index in [1.807, 2.05) is 17.8 Å². The van der Waals surface area contributed by atoms with E-state index >= 15 is 0 Å². The number of benzene rings is 1. The second kappa shape index (κ2) is 4.68. The SMILES string of the molecule is NNC(=O)Cc1ccc2c(c1)CCCS2. The van der Waals surface area contributed by atoms with E-state index in [2.05, 4.69) is 17.6 Å². The van der Waals surface area contributed by atoms with E-state index in [0.717, 1.165) is 12.0 Å². The van der Waals surface area contributed by atoms with Gasteiger partial charge in [0.15, 0.2) is 0 Å². The number of amides is 1. The number of nitrogens with one attached hydrogen (secondary N) is 1. The average molecular weight is 222 g/mol. The van der Waals surface area contributed by atoms with Gasteiger partial charge < -0.3 is 0 Å². The zero-order chi connectivity index (χ0) is 10.7. The minimum atomic E-state index is -0.140. The summed E-state index contributed by atoms with van der Waals surface area (Å²) >= 11 is 1.90. The van der Waals surface area contributed by atoms with E-state index in [1.54, 1.807) is 0 Å². The Morgan fingerprint density at radius 1 is 1.53 bits per heavy atom. The molecule has 0 aliphatic carbocycles. The summed E-state index contributed by atoms with van der Waals surface area (Å²) in [4.78, 5) is 12.5. The highest BCUT2D eigenvalue weighted by atomic mass is 32.2. The molecule has 0 radical (unpaired) electrons. The topological polar surface area (TPSA) is 55.1 Å². The quantitative estimate of drug-likeness (QED) is 0.450. The van der Waals surface area contributed by atoms with E-state index in [-0.39, 0.29) is 5.91 Å². The molecule has 3 nitrogen and oxygen atoms in total. The molecule has 2 rings (SSSR count). The minimum absolute atomic E-state index is 0.140. The molecular formula is C11H14N2OS. The predicted molar refractivity (Wildman–Crippen MR) is 61.5 cm³/mol. The molecule has 4 heteroatoms. The van der Waals surface area contributed by atoms with Crippen molar-refractivity contribution in [3.63, 3.8) is 0 Å². The molecule has 1 aromatic rings. The summed E-state index contributed by atoms with van der Waals surface area (Å²) in [5.74, 6) is 6.12. The zero-order valence-corrected chi connectivity index (χ0v) is 9.27. The standard InChI is InChI=1S/C11H14N2OS/c12-13-11(14)7-8-3-4-10-9(6-8)2-1-5-15-10/h3-4,6H,1-2,5,7,12H2,(H,13,14). The van der Waals surface area contributed by atoms with Crippen LogP contribution >= 0.6 is 11.8 Å². The fourth-order valence-electron chi connectivity index (χ4n) is 1.76. The van der Waals surface area contributed by atoms with Crippen LogP contribution in [-0.4, -0.2) is 11.7 Å². The van der Waals surface area contributed by atoms with Crippen LogP contribution in [0.5, 0.6) is 0 Å². The summed E-state index contributed by atoms with van der Waals surface area (Å²) in [6.45, 7) is 0. The van der Waals surface area contributed by atoms with Crippen LogP contribution in [0.4, 0.5) is 0 Å². The smallest absolute Gasteiger partial charge is 0.238 e. The number of carbonyl (C=O) groups is 1. The third-order valence-corrected chi connectivity index (χ3v) is 3.70. The number of carbonyl (C=O) groups excluding carboxylic acids is 1.